The summed E-state index contributed by atoms with van der Waals surface area (Å²) in [5.74, 6) is -0.739. The number of carbonyl (C=O) groups is 2. The number of carboxylic acid groups (broad SMARTS) is 1. The fourth-order valence-corrected chi connectivity index (χ4v) is 1.51. The molecule has 0 spiro atoms. The van der Waals surface area contributed by atoms with E-state index in [-0.39, 0.29) is 17.5 Å². The topological polar surface area (TPSA) is 107 Å². The number of aromatic nitrogens is 2. The third-order valence-electron chi connectivity index (χ3n) is 2.30. The number of nitrogens with one attached hydrogen (secondary N) is 3. The first kappa shape index (κ1) is 11.9. The zero-order valence-electron chi connectivity index (χ0n) is 9.65. The second-order valence-electron chi connectivity index (χ2n) is 3.61. The Kier molecular flexibility index (Phi) is 3.13. The molecule has 0 radical (unpaired) electrons. The third kappa shape index (κ3) is 2.40. The van der Waals surface area contributed by atoms with Crippen molar-refractivity contribution >= 4 is 29.0 Å². The van der Waals surface area contributed by atoms with E-state index in [1.807, 2.05) is 0 Å². The zero-order valence-corrected chi connectivity index (χ0v) is 9.65. The Labute approximate surface area is 102 Å². The Bertz CT molecular complexity index is 605. The van der Waals surface area contributed by atoms with E-state index in [9.17, 15) is 9.59 Å². The predicted molar refractivity (Wildman–Crippen MR) is 65.7 cm³/mol. The van der Waals surface area contributed by atoms with Crippen molar-refractivity contribution in [3.05, 3.63) is 23.8 Å². The van der Waals surface area contributed by atoms with E-state index in [0.29, 0.717) is 17.6 Å². The summed E-state index contributed by atoms with van der Waals surface area (Å²) in [7, 11) is 0. The Morgan fingerprint density at radius 3 is 2.89 bits per heavy atom. The predicted octanol–water partition coefficient (Wildman–Crippen LogP) is 1.40. The van der Waals surface area contributed by atoms with Gasteiger partial charge in [0, 0.05) is 6.54 Å². The van der Waals surface area contributed by atoms with Gasteiger partial charge in [-0.25, -0.2) is 14.6 Å². The van der Waals surface area contributed by atoms with Gasteiger partial charge in [-0.3, -0.25) is 5.32 Å². The molecule has 0 saturated carbocycles. The summed E-state index contributed by atoms with van der Waals surface area (Å²) in [6.45, 7) is 2.31. The number of carboxylic acids is 1. The molecule has 7 heteroatoms. The molecular formula is C11H12N4O3. The van der Waals surface area contributed by atoms with Crippen LogP contribution in [0.1, 0.15) is 17.3 Å². The van der Waals surface area contributed by atoms with Gasteiger partial charge >= 0.3 is 12.0 Å². The van der Waals surface area contributed by atoms with Gasteiger partial charge in [-0.1, -0.05) is 0 Å². The smallest absolute Gasteiger partial charge is 0.335 e. The van der Waals surface area contributed by atoms with Crippen LogP contribution in [0.15, 0.2) is 18.2 Å². The van der Waals surface area contributed by atoms with Crippen molar-refractivity contribution in [1.82, 2.24) is 15.3 Å². The number of aromatic amines is 1. The standard InChI is InChI=1S/C11H12N4O3/c1-2-12-11(18)15-10-13-7-4-3-6(9(16)17)5-8(7)14-10/h3-5H,2H2,1H3,(H,16,17)(H3,12,13,14,15,18). The van der Waals surface area contributed by atoms with E-state index >= 15 is 0 Å². The molecule has 0 unspecified atom stereocenters. The molecule has 0 aliphatic heterocycles. The van der Waals surface area contributed by atoms with Gasteiger partial charge in [0.2, 0.25) is 5.95 Å². The second kappa shape index (κ2) is 4.74. The molecule has 94 valence electrons. The molecule has 1 heterocycles. The van der Waals surface area contributed by atoms with Crippen LogP contribution in [0.5, 0.6) is 0 Å². The number of urea groups is 1. The molecule has 18 heavy (non-hydrogen) atoms. The van der Waals surface area contributed by atoms with Crippen LogP contribution in [0, 0.1) is 0 Å². The molecule has 0 fully saturated rings. The number of nitrogens with zero attached hydrogens (tertiary/aromatic N) is 1. The number of hydrogen-bond acceptors (Lipinski definition) is 3. The summed E-state index contributed by atoms with van der Waals surface area (Å²) in [5, 5.41) is 13.9. The number of rotatable bonds is 3. The molecule has 2 aromatic rings. The van der Waals surface area contributed by atoms with Gasteiger partial charge in [-0.2, -0.15) is 0 Å². The Balaban J connectivity index is 2.27. The van der Waals surface area contributed by atoms with Crippen LogP contribution < -0.4 is 10.6 Å². The fourth-order valence-electron chi connectivity index (χ4n) is 1.51. The van der Waals surface area contributed by atoms with Gasteiger partial charge in [0.1, 0.15) is 0 Å². The van der Waals surface area contributed by atoms with Crippen LogP contribution in [0.2, 0.25) is 0 Å². The maximum Gasteiger partial charge on any atom is 0.335 e. The van der Waals surface area contributed by atoms with Gasteiger partial charge in [0.25, 0.3) is 0 Å². The highest BCUT2D eigenvalue weighted by Crippen LogP contribution is 2.16. The molecule has 2 amide bonds. The normalized spacial score (nSPS) is 10.3. The minimum Gasteiger partial charge on any atom is -0.478 e. The largest absolute Gasteiger partial charge is 0.478 e. The van der Waals surface area contributed by atoms with E-state index in [1.54, 1.807) is 13.0 Å². The van der Waals surface area contributed by atoms with E-state index in [4.69, 9.17) is 5.11 Å². The van der Waals surface area contributed by atoms with Crippen molar-refractivity contribution in [2.24, 2.45) is 0 Å². The average molecular weight is 248 g/mol. The van der Waals surface area contributed by atoms with Crippen molar-refractivity contribution in [3.63, 3.8) is 0 Å². The van der Waals surface area contributed by atoms with Crippen LogP contribution >= 0.6 is 0 Å². The van der Waals surface area contributed by atoms with Crippen molar-refractivity contribution in [2.75, 3.05) is 11.9 Å². The van der Waals surface area contributed by atoms with Crippen LogP contribution in [-0.4, -0.2) is 33.6 Å². The van der Waals surface area contributed by atoms with Gasteiger partial charge in [-0.15, -0.1) is 0 Å². The number of fused-ring (bicyclic) bond motifs is 1. The van der Waals surface area contributed by atoms with E-state index < -0.39 is 5.97 Å². The molecule has 7 nitrogen and oxygen atoms in total. The number of benzene rings is 1. The van der Waals surface area contributed by atoms with Gasteiger partial charge < -0.3 is 15.4 Å². The SMILES string of the molecule is CCNC(=O)Nc1nc2cc(C(=O)O)ccc2[nH]1. The minimum atomic E-state index is -1.02. The Morgan fingerprint density at radius 2 is 2.22 bits per heavy atom. The zero-order chi connectivity index (χ0) is 13.1. The fraction of sp³-hybridized carbons (Fsp3) is 0.182. The highest BCUT2D eigenvalue weighted by molar-refractivity contribution is 5.94. The molecule has 0 saturated heterocycles. The van der Waals surface area contributed by atoms with Crippen LogP contribution in [-0.2, 0) is 0 Å². The van der Waals surface area contributed by atoms with Crippen LogP contribution in [0.4, 0.5) is 10.7 Å². The second-order valence-corrected chi connectivity index (χ2v) is 3.61. The highest BCUT2D eigenvalue weighted by atomic mass is 16.4. The number of hydrogen-bond donors (Lipinski definition) is 4. The molecule has 0 aliphatic carbocycles. The summed E-state index contributed by atoms with van der Waals surface area (Å²) in [5.41, 5.74) is 1.30. The third-order valence-corrected chi connectivity index (χ3v) is 2.30. The number of aromatic carboxylic acids is 1. The lowest BCUT2D eigenvalue weighted by Gasteiger charge is -2.00. The van der Waals surface area contributed by atoms with Crippen LogP contribution in [0.3, 0.4) is 0 Å². The van der Waals surface area contributed by atoms with Crippen molar-refractivity contribution in [3.8, 4) is 0 Å². The average Bonchev–Trinajstić information content (AvgIpc) is 2.69. The summed E-state index contributed by atoms with van der Waals surface area (Å²) < 4.78 is 0. The molecular weight excluding hydrogens is 236 g/mol. The molecule has 0 bridgehead atoms. The van der Waals surface area contributed by atoms with Gasteiger partial charge in [0.15, 0.2) is 0 Å². The molecule has 2 rings (SSSR count). The lowest BCUT2D eigenvalue weighted by atomic mass is 10.2. The lowest BCUT2D eigenvalue weighted by molar-refractivity contribution is 0.0697. The molecule has 4 N–H and O–H groups in total. The monoisotopic (exact) mass is 248 g/mol. The molecule has 0 atom stereocenters. The van der Waals surface area contributed by atoms with Gasteiger partial charge in [-0.05, 0) is 25.1 Å². The lowest BCUT2D eigenvalue weighted by Crippen LogP contribution is -2.28. The van der Waals surface area contributed by atoms with Crippen molar-refractivity contribution in [1.29, 1.82) is 0 Å². The summed E-state index contributed by atoms with van der Waals surface area (Å²) in [6, 6.07) is 4.15. The highest BCUT2D eigenvalue weighted by Gasteiger charge is 2.08. The molecule has 1 aromatic carbocycles. The van der Waals surface area contributed by atoms with Crippen molar-refractivity contribution in [2.45, 2.75) is 6.92 Å². The maximum absolute atomic E-state index is 11.3. The number of amides is 2. The number of imidazole rings is 1. The Hall–Kier alpha value is -2.57. The first-order chi connectivity index (χ1) is 8.60. The summed E-state index contributed by atoms with van der Waals surface area (Å²) >= 11 is 0. The van der Waals surface area contributed by atoms with E-state index in [0.717, 1.165) is 0 Å². The van der Waals surface area contributed by atoms with E-state index in [2.05, 4.69) is 20.6 Å². The summed E-state index contributed by atoms with van der Waals surface area (Å²) in [4.78, 5) is 29.0. The molecule has 1 aromatic heterocycles. The number of H-pyrrole nitrogens is 1. The minimum absolute atomic E-state index is 0.151. The summed E-state index contributed by atoms with van der Waals surface area (Å²) in [6.07, 6.45) is 0. The van der Waals surface area contributed by atoms with E-state index in [1.165, 1.54) is 12.1 Å². The maximum atomic E-state index is 11.3. The van der Waals surface area contributed by atoms with Gasteiger partial charge in [0.05, 0.1) is 16.6 Å². The molecule has 0 aliphatic rings. The Morgan fingerprint density at radius 1 is 1.44 bits per heavy atom. The first-order valence-electron chi connectivity index (χ1n) is 5.38. The first-order valence-corrected chi connectivity index (χ1v) is 5.38. The van der Waals surface area contributed by atoms with Crippen LogP contribution in [0.25, 0.3) is 11.0 Å². The number of carbonyl (C=O) groups excluding carboxylic acids is 1. The quantitative estimate of drug-likeness (QED) is 0.658. The number of anilines is 1. The van der Waals surface area contributed by atoms with Crippen molar-refractivity contribution < 1.29 is 14.7 Å².